The van der Waals surface area contributed by atoms with Crippen LogP contribution in [0.2, 0.25) is 0 Å². The van der Waals surface area contributed by atoms with Gasteiger partial charge in [0.05, 0.1) is 19.1 Å². The zero-order valence-electron chi connectivity index (χ0n) is 11.3. The van der Waals surface area contributed by atoms with Crippen LogP contribution in [0.4, 0.5) is 0 Å². The Morgan fingerprint density at radius 1 is 1.37 bits per heavy atom. The average Bonchev–Trinajstić information content (AvgIpc) is 2.92. The molecule has 0 radical (unpaired) electrons. The van der Waals surface area contributed by atoms with Gasteiger partial charge in [-0.1, -0.05) is 37.3 Å². The third-order valence-electron chi connectivity index (χ3n) is 3.26. The molecule has 1 aromatic carbocycles. The second-order valence-corrected chi connectivity index (χ2v) is 4.80. The maximum absolute atomic E-state index is 12.0. The van der Waals surface area contributed by atoms with Crippen LogP contribution in [0.3, 0.4) is 0 Å². The van der Waals surface area contributed by atoms with Crippen LogP contribution in [0.1, 0.15) is 18.9 Å². The molecule has 0 amide bonds. The molecule has 2 rings (SSSR count). The van der Waals surface area contributed by atoms with E-state index in [-0.39, 0.29) is 17.9 Å². The summed E-state index contributed by atoms with van der Waals surface area (Å²) in [4.78, 5) is 12.0. The molecule has 1 heterocycles. The zero-order valence-corrected chi connectivity index (χ0v) is 11.3. The standard InChI is InChI=1S/C15H21NO3/c1-2-8-16-14-11-18-10-13(14)15(17)19-9-12-6-4-3-5-7-12/h3-7,13-14,16H,2,8-11H2,1H3. The van der Waals surface area contributed by atoms with E-state index in [1.807, 2.05) is 30.3 Å². The largest absolute Gasteiger partial charge is 0.460 e. The van der Waals surface area contributed by atoms with Gasteiger partial charge in [-0.05, 0) is 18.5 Å². The number of hydrogen-bond acceptors (Lipinski definition) is 4. The highest BCUT2D eigenvalue weighted by molar-refractivity contribution is 5.73. The molecule has 2 atom stereocenters. The smallest absolute Gasteiger partial charge is 0.313 e. The minimum absolute atomic E-state index is 0.0863. The fraction of sp³-hybridized carbons (Fsp3) is 0.533. The molecule has 0 aliphatic carbocycles. The van der Waals surface area contributed by atoms with Gasteiger partial charge < -0.3 is 14.8 Å². The molecule has 1 aromatic rings. The molecule has 0 bridgehead atoms. The van der Waals surface area contributed by atoms with Crippen LogP contribution in [-0.2, 0) is 20.9 Å². The monoisotopic (exact) mass is 263 g/mol. The molecular weight excluding hydrogens is 242 g/mol. The fourth-order valence-corrected chi connectivity index (χ4v) is 2.15. The van der Waals surface area contributed by atoms with Crippen LogP contribution in [0.25, 0.3) is 0 Å². The molecular formula is C15H21NO3. The van der Waals surface area contributed by atoms with Crippen molar-refractivity contribution in [1.29, 1.82) is 0 Å². The van der Waals surface area contributed by atoms with Crippen LogP contribution >= 0.6 is 0 Å². The number of ether oxygens (including phenoxy) is 2. The van der Waals surface area contributed by atoms with Crippen molar-refractivity contribution in [2.75, 3.05) is 19.8 Å². The Morgan fingerprint density at radius 2 is 2.16 bits per heavy atom. The maximum Gasteiger partial charge on any atom is 0.313 e. The number of carbonyl (C=O) groups is 1. The normalized spacial score (nSPS) is 22.4. The summed E-state index contributed by atoms with van der Waals surface area (Å²) < 4.78 is 10.7. The lowest BCUT2D eigenvalue weighted by Gasteiger charge is -2.17. The SMILES string of the molecule is CCCNC1COCC1C(=O)OCc1ccccc1. The summed E-state index contributed by atoms with van der Waals surface area (Å²) in [6, 6.07) is 9.81. The predicted molar refractivity (Wildman–Crippen MR) is 72.6 cm³/mol. The Morgan fingerprint density at radius 3 is 2.89 bits per heavy atom. The van der Waals surface area contributed by atoms with Crippen molar-refractivity contribution in [2.24, 2.45) is 5.92 Å². The molecule has 4 heteroatoms. The van der Waals surface area contributed by atoms with Crippen LogP contribution < -0.4 is 5.32 Å². The molecule has 1 saturated heterocycles. The van der Waals surface area contributed by atoms with Crippen LogP contribution in [0.15, 0.2) is 30.3 Å². The topological polar surface area (TPSA) is 47.6 Å². The minimum Gasteiger partial charge on any atom is -0.460 e. The molecule has 1 N–H and O–H groups in total. The Labute approximate surface area is 114 Å². The van der Waals surface area contributed by atoms with Gasteiger partial charge in [-0.3, -0.25) is 4.79 Å². The quantitative estimate of drug-likeness (QED) is 0.794. The molecule has 1 fully saturated rings. The van der Waals surface area contributed by atoms with Crippen molar-refractivity contribution in [2.45, 2.75) is 26.0 Å². The Hall–Kier alpha value is -1.39. The number of carbonyl (C=O) groups excluding carboxylic acids is 1. The Kier molecular flexibility index (Phi) is 5.36. The number of esters is 1. The molecule has 19 heavy (non-hydrogen) atoms. The molecule has 0 aromatic heterocycles. The molecule has 1 aliphatic rings. The van der Waals surface area contributed by atoms with Crippen molar-refractivity contribution < 1.29 is 14.3 Å². The van der Waals surface area contributed by atoms with Crippen molar-refractivity contribution in [1.82, 2.24) is 5.32 Å². The van der Waals surface area contributed by atoms with Crippen molar-refractivity contribution in [3.63, 3.8) is 0 Å². The molecule has 2 unspecified atom stereocenters. The van der Waals surface area contributed by atoms with Crippen LogP contribution in [-0.4, -0.2) is 31.8 Å². The first-order chi connectivity index (χ1) is 9.31. The van der Waals surface area contributed by atoms with Crippen molar-refractivity contribution >= 4 is 5.97 Å². The Bertz CT molecular complexity index is 394. The van der Waals surface area contributed by atoms with Gasteiger partial charge in [-0.25, -0.2) is 0 Å². The molecule has 0 spiro atoms. The number of nitrogens with one attached hydrogen (secondary N) is 1. The third kappa shape index (κ3) is 4.04. The molecule has 0 saturated carbocycles. The zero-order chi connectivity index (χ0) is 13.5. The lowest BCUT2D eigenvalue weighted by molar-refractivity contribution is -0.150. The second-order valence-electron chi connectivity index (χ2n) is 4.80. The van der Waals surface area contributed by atoms with E-state index in [2.05, 4.69) is 12.2 Å². The third-order valence-corrected chi connectivity index (χ3v) is 3.26. The highest BCUT2D eigenvalue weighted by Crippen LogP contribution is 2.16. The van der Waals surface area contributed by atoms with Gasteiger partial charge in [0, 0.05) is 6.04 Å². The minimum atomic E-state index is -0.185. The highest BCUT2D eigenvalue weighted by atomic mass is 16.5. The predicted octanol–water partition coefficient (Wildman–Crippen LogP) is 1.74. The first kappa shape index (κ1) is 14.0. The first-order valence-corrected chi connectivity index (χ1v) is 6.83. The lowest BCUT2D eigenvalue weighted by Crippen LogP contribution is -2.40. The van der Waals surface area contributed by atoms with E-state index < -0.39 is 0 Å². The van der Waals surface area contributed by atoms with E-state index in [4.69, 9.17) is 9.47 Å². The van der Waals surface area contributed by atoms with E-state index in [0.29, 0.717) is 19.8 Å². The van der Waals surface area contributed by atoms with Gasteiger partial charge >= 0.3 is 5.97 Å². The summed E-state index contributed by atoms with van der Waals surface area (Å²) >= 11 is 0. The van der Waals surface area contributed by atoms with Gasteiger partial charge in [-0.2, -0.15) is 0 Å². The van der Waals surface area contributed by atoms with E-state index >= 15 is 0 Å². The van der Waals surface area contributed by atoms with E-state index in [9.17, 15) is 4.79 Å². The summed E-state index contributed by atoms with van der Waals surface area (Å²) in [6.07, 6.45) is 1.04. The van der Waals surface area contributed by atoms with Gasteiger partial charge in [-0.15, -0.1) is 0 Å². The second kappa shape index (κ2) is 7.26. The van der Waals surface area contributed by atoms with E-state index in [1.54, 1.807) is 0 Å². The molecule has 4 nitrogen and oxygen atoms in total. The molecule has 104 valence electrons. The van der Waals surface area contributed by atoms with Crippen LogP contribution in [0, 0.1) is 5.92 Å². The van der Waals surface area contributed by atoms with Crippen LogP contribution in [0.5, 0.6) is 0 Å². The maximum atomic E-state index is 12.0. The highest BCUT2D eigenvalue weighted by Gasteiger charge is 2.34. The van der Waals surface area contributed by atoms with Crippen molar-refractivity contribution in [3.05, 3.63) is 35.9 Å². The van der Waals surface area contributed by atoms with Crippen molar-refractivity contribution in [3.8, 4) is 0 Å². The van der Waals surface area contributed by atoms with Gasteiger partial charge in [0.2, 0.25) is 0 Å². The van der Waals surface area contributed by atoms with E-state index in [0.717, 1.165) is 18.5 Å². The molecule has 1 aliphatic heterocycles. The first-order valence-electron chi connectivity index (χ1n) is 6.83. The van der Waals surface area contributed by atoms with Gasteiger partial charge in [0.1, 0.15) is 6.61 Å². The summed E-state index contributed by atoms with van der Waals surface area (Å²) in [7, 11) is 0. The Balaban J connectivity index is 1.82. The van der Waals surface area contributed by atoms with Gasteiger partial charge in [0.25, 0.3) is 0 Å². The summed E-state index contributed by atoms with van der Waals surface area (Å²) in [5.41, 5.74) is 1.01. The lowest BCUT2D eigenvalue weighted by atomic mass is 10.0. The fourth-order valence-electron chi connectivity index (χ4n) is 2.15. The summed E-state index contributed by atoms with van der Waals surface area (Å²) in [5.74, 6) is -0.356. The summed E-state index contributed by atoms with van der Waals surface area (Å²) in [5, 5.41) is 3.33. The average molecular weight is 263 g/mol. The number of hydrogen-bond donors (Lipinski definition) is 1. The number of benzene rings is 1. The van der Waals surface area contributed by atoms with E-state index in [1.165, 1.54) is 0 Å². The number of rotatable bonds is 6. The van der Waals surface area contributed by atoms with Gasteiger partial charge in [0.15, 0.2) is 0 Å². The summed E-state index contributed by atoms with van der Waals surface area (Å²) in [6.45, 7) is 4.37.